The largest absolute Gasteiger partial charge is 0.378 e. The molecule has 1 aliphatic rings. The Labute approximate surface area is 197 Å². The molecule has 1 saturated heterocycles. The molecule has 0 spiro atoms. The van der Waals surface area contributed by atoms with Gasteiger partial charge in [0, 0.05) is 44.1 Å². The number of anilines is 2. The number of primary amides is 1. The number of amides is 3. The number of hydrogen-bond acceptors (Lipinski definition) is 7. The molecule has 1 heterocycles. The predicted octanol–water partition coefficient (Wildman–Crippen LogP) is 0.241. The molecule has 1 aliphatic heterocycles. The van der Waals surface area contributed by atoms with Crippen molar-refractivity contribution in [3.05, 3.63) is 53.6 Å². The van der Waals surface area contributed by atoms with Gasteiger partial charge in [0.1, 0.15) is 0 Å². The van der Waals surface area contributed by atoms with E-state index in [1.807, 2.05) is 4.90 Å². The zero-order chi connectivity index (χ0) is 24.9. The van der Waals surface area contributed by atoms with Gasteiger partial charge in [-0.25, -0.2) is 12.7 Å². The Balaban J connectivity index is 1.87. The highest BCUT2D eigenvalue weighted by atomic mass is 32.2. The summed E-state index contributed by atoms with van der Waals surface area (Å²) in [6, 6.07) is 10.5. The Kier molecular flexibility index (Phi) is 7.87. The molecule has 0 aromatic heterocycles. The van der Waals surface area contributed by atoms with Crippen LogP contribution in [0.25, 0.3) is 0 Å². The second-order valence-corrected chi connectivity index (χ2v) is 9.90. The lowest BCUT2D eigenvalue weighted by molar-refractivity contribution is -0.117. The molecule has 0 saturated carbocycles. The quantitative estimate of drug-likeness (QED) is 0.480. The molecular weight excluding hydrogens is 462 g/mol. The van der Waals surface area contributed by atoms with E-state index < -0.39 is 27.7 Å². The lowest BCUT2D eigenvalue weighted by Gasteiger charge is -2.30. The van der Waals surface area contributed by atoms with Crippen LogP contribution in [0.5, 0.6) is 0 Å². The van der Waals surface area contributed by atoms with Crippen LogP contribution < -0.4 is 21.3 Å². The fourth-order valence-corrected chi connectivity index (χ4v) is 4.25. The number of hydrogen-bond donors (Lipinski definition) is 3. The van der Waals surface area contributed by atoms with E-state index in [1.165, 1.54) is 50.5 Å². The van der Waals surface area contributed by atoms with Gasteiger partial charge in [0.05, 0.1) is 30.2 Å². The lowest BCUT2D eigenvalue weighted by atomic mass is 10.1. The molecule has 0 bridgehead atoms. The maximum Gasteiger partial charge on any atom is 0.257 e. The Morgan fingerprint density at radius 2 is 1.68 bits per heavy atom. The molecule has 0 radical (unpaired) electrons. The van der Waals surface area contributed by atoms with Crippen molar-refractivity contribution in [3.8, 4) is 0 Å². The maximum absolute atomic E-state index is 13.2. The number of carbonyl (C=O) groups is 3. The summed E-state index contributed by atoms with van der Waals surface area (Å²) in [6.07, 6.45) is 0. The molecule has 11 nitrogen and oxygen atoms in total. The summed E-state index contributed by atoms with van der Waals surface area (Å²) in [6.45, 7) is 1.84. The van der Waals surface area contributed by atoms with Gasteiger partial charge in [0.15, 0.2) is 0 Å². The van der Waals surface area contributed by atoms with Crippen LogP contribution >= 0.6 is 0 Å². The zero-order valence-electron chi connectivity index (χ0n) is 18.9. The predicted molar refractivity (Wildman–Crippen MR) is 126 cm³/mol. The molecule has 4 N–H and O–H groups in total. The van der Waals surface area contributed by atoms with Crippen LogP contribution in [0.3, 0.4) is 0 Å². The van der Waals surface area contributed by atoms with Crippen molar-refractivity contribution in [3.63, 3.8) is 0 Å². The molecule has 0 unspecified atom stereocenters. The van der Waals surface area contributed by atoms with Gasteiger partial charge in [-0.05, 0) is 42.5 Å². The molecule has 2 aromatic rings. The summed E-state index contributed by atoms with van der Waals surface area (Å²) < 4.78 is 31.8. The molecule has 2 aromatic carbocycles. The number of nitrogens with two attached hydrogens (primary N) is 1. The average molecular weight is 490 g/mol. The van der Waals surface area contributed by atoms with Crippen LogP contribution in [0.1, 0.15) is 20.7 Å². The molecule has 3 amide bonds. The first kappa shape index (κ1) is 25.1. The minimum atomic E-state index is -3.75. The minimum Gasteiger partial charge on any atom is -0.378 e. The summed E-state index contributed by atoms with van der Waals surface area (Å²) in [5.74, 6) is -1.64. The Morgan fingerprint density at radius 3 is 2.26 bits per heavy atom. The van der Waals surface area contributed by atoms with Crippen molar-refractivity contribution in [2.45, 2.75) is 4.90 Å². The van der Waals surface area contributed by atoms with E-state index in [0.29, 0.717) is 37.7 Å². The summed E-state index contributed by atoms with van der Waals surface area (Å²) in [4.78, 5) is 38.0. The Hall–Kier alpha value is -3.48. The lowest BCUT2D eigenvalue weighted by Crippen LogP contribution is -2.37. The summed E-state index contributed by atoms with van der Waals surface area (Å²) in [5.41, 5.74) is 6.51. The van der Waals surface area contributed by atoms with E-state index in [1.54, 1.807) is 6.07 Å². The monoisotopic (exact) mass is 489 g/mol. The highest BCUT2D eigenvalue weighted by Gasteiger charge is 2.24. The van der Waals surface area contributed by atoms with Crippen LogP contribution in [0.2, 0.25) is 0 Å². The van der Waals surface area contributed by atoms with E-state index in [4.69, 9.17) is 10.5 Å². The Bertz CT molecular complexity index is 1170. The molecule has 0 aliphatic carbocycles. The van der Waals surface area contributed by atoms with Gasteiger partial charge >= 0.3 is 0 Å². The smallest absolute Gasteiger partial charge is 0.257 e. The summed E-state index contributed by atoms with van der Waals surface area (Å²) >= 11 is 0. The average Bonchev–Trinajstić information content (AvgIpc) is 2.83. The highest BCUT2D eigenvalue weighted by molar-refractivity contribution is 7.89. The molecule has 34 heavy (non-hydrogen) atoms. The third kappa shape index (κ3) is 5.90. The fourth-order valence-electron chi connectivity index (χ4n) is 3.32. The van der Waals surface area contributed by atoms with Gasteiger partial charge in [0.2, 0.25) is 15.9 Å². The van der Waals surface area contributed by atoms with Crippen LogP contribution in [-0.4, -0.2) is 77.4 Å². The van der Waals surface area contributed by atoms with Gasteiger partial charge in [-0.15, -0.1) is 0 Å². The summed E-state index contributed by atoms with van der Waals surface area (Å²) in [7, 11) is -0.902. The fraction of sp³-hybridized carbons (Fsp3) is 0.318. The van der Waals surface area contributed by atoms with Gasteiger partial charge in [-0.2, -0.15) is 0 Å². The van der Waals surface area contributed by atoms with Crippen molar-refractivity contribution in [2.75, 3.05) is 57.2 Å². The number of ether oxygens (including phenoxy) is 1. The van der Waals surface area contributed by atoms with Crippen LogP contribution in [0.15, 0.2) is 47.4 Å². The molecule has 12 heteroatoms. The minimum absolute atomic E-state index is 0.00105. The molecule has 182 valence electrons. The van der Waals surface area contributed by atoms with Gasteiger partial charge in [-0.3, -0.25) is 14.4 Å². The molecule has 3 rings (SSSR count). The van der Waals surface area contributed by atoms with Crippen molar-refractivity contribution in [1.29, 1.82) is 0 Å². The van der Waals surface area contributed by atoms with E-state index in [-0.39, 0.29) is 22.6 Å². The van der Waals surface area contributed by atoms with Crippen molar-refractivity contribution in [1.82, 2.24) is 9.62 Å². The molecular formula is C22H27N5O6S. The summed E-state index contributed by atoms with van der Waals surface area (Å²) in [5, 5.41) is 5.13. The highest BCUT2D eigenvalue weighted by Crippen LogP contribution is 2.27. The number of carbonyl (C=O) groups excluding carboxylic acids is 3. The van der Waals surface area contributed by atoms with Crippen molar-refractivity contribution < 1.29 is 27.5 Å². The number of rotatable bonds is 8. The van der Waals surface area contributed by atoms with Crippen molar-refractivity contribution >= 4 is 39.1 Å². The van der Waals surface area contributed by atoms with E-state index in [2.05, 4.69) is 10.6 Å². The van der Waals surface area contributed by atoms with Crippen LogP contribution in [0, 0.1) is 0 Å². The first-order valence-corrected chi connectivity index (χ1v) is 11.9. The normalized spacial score (nSPS) is 14.0. The maximum atomic E-state index is 13.2. The van der Waals surface area contributed by atoms with E-state index in [0.717, 1.165) is 4.31 Å². The molecule has 0 atom stereocenters. The van der Waals surface area contributed by atoms with Crippen LogP contribution in [0.4, 0.5) is 11.4 Å². The van der Waals surface area contributed by atoms with E-state index >= 15 is 0 Å². The van der Waals surface area contributed by atoms with Gasteiger partial charge < -0.3 is 26.0 Å². The van der Waals surface area contributed by atoms with Gasteiger partial charge in [-0.1, -0.05) is 0 Å². The number of sulfonamides is 1. The molecule has 1 fully saturated rings. The van der Waals surface area contributed by atoms with E-state index in [9.17, 15) is 22.8 Å². The SMILES string of the molecule is CN(C)S(=O)(=O)c1ccc(N2CCOCC2)c(C(=O)Nc2ccc(C(=O)NCC(N)=O)cc2)c1. The second kappa shape index (κ2) is 10.6. The van der Waals surface area contributed by atoms with Crippen LogP contribution in [-0.2, 0) is 19.6 Å². The third-order valence-electron chi connectivity index (χ3n) is 5.17. The van der Waals surface area contributed by atoms with Crippen molar-refractivity contribution in [2.24, 2.45) is 5.73 Å². The number of nitrogens with zero attached hydrogens (tertiary/aromatic N) is 2. The Morgan fingerprint density at radius 1 is 1.03 bits per heavy atom. The third-order valence-corrected chi connectivity index (χ3v) is 6.98. The first-order chi connectivity index (χ1) is 16.1. The topological polar surface area (TPSA) is 151 Å². The number of benzene rings is 2. The standard InChI is InChI=1S/C22H27N5O6S/c1-26(2)34(31,32)17-7-8-19(27-9-11-33-12-10-27)18(13-17)22(30)25-16-5-3-15(4-6-16)21(29)24-14-20(23)28/h3-8,13H,9-12,14H2,1-2H3,(H2,23,28)(H,24,29)(H,25,30). The zero-order valence-corrected chi connectivity index (χ0v) is 19.7. The number of morpholine rings is 1. The number of nitrogens with one attached hydrogen (secondary N) is 2. The van der Waals surface area contributed by atoms with Gasteiger partial charge in [0.25, 0.3) is 11.8 Å². The second-order valence-electron chi connectivity index (χ2n) is 7.75. The first-order valence-electron chi connectivity index (χ1n) is 10.5.